The first-order valence-corrected chi connectivity index (χ1v) is 4.72. The van der Waals surface area contributed by atoms with Gasteiger partial charge in [0.25, 0.3) is 0 Å². The maximum absolute atomic E-state index is 2.93. The molecule has 0 fully saturated rings. The molecule has 2 unspecified atom stereocenters. The van der Waals surface area contributed by atoms with Crippen LogP contribution >= 0.6 is 9.24 Å². The van der Waals surface area contributed by atoms with Gasteiger partial charge in [0.05, 0.1) is 0 Å². The molecule has 62 valence electrons. The molecule has 1 aliphatic rings. The monoisotopic (exact) mass is 168 g/mol. The van der Waals surface area contributed by atoms with Crippen molar-refractivity contribution in [3.8, 4) is 0 Å². The highest BCUT2D eigenvalue weighted by molar-refractivity contribution is 7.18. The van der Waals surface area contributed by atoms with E-state index in [9.17, 15) is 0 Å². The lowest BCUT2D eigenvalue weighted by Crippen LogP contribution is -2.25. The maximum Gasteiger partial charge on any atom is -0.00824 e. The molecular weight excluding hydrogens is 151 g/mol. The van der Waals surface area contributed by atoms with Gasteiger partial charge in [0.2, 0.25) is 0 Å². The Morgan fingerprint density at radius 3 is 2.55 bits per heavy atom. The predicted octanol–water partition coefficient (Wildman–Crippen LogP) is 3.16. The van der Waals surface area contributed by atoms with Crippen LogP contribution in [-0.4, -0.2) is 5.16 Å². The van der Waals surface area contributed by atoms with E-state index in [-0.39, 0.29) is 0 Å². The molecular formula is C10H17P. The Hall–Kier alpha value is -0.0900. The normalized spacial score (nSPS) is 25.1. The molecule has 1 heteroatoms. The highest BCUT2D eigenvalue weighted by atomic mass is 31.0. The minimum absolute atomic E-state index is 0.339. The van der Waals surface area contributed by atoms with Gasteiger partial charge in [0, 0.05) is 0 Å². The molecule has 0 heterocycles. The molecule has 0 radical (unpaired) electrons. The van der Waals surface area contributed by atoms with Crippen molar-refractivity contribution in [3.63, 3.8) is 0 Å². The summed E-state index contributed by atoms with van der Waals surface area (Å²) in [6.45, 7) is 6.78. The van der Waals surface area contributed by atoms with Gasteiger partial charge < -0.3 is 0 Å². The lowest BCUT2D eigenvalue weighted by atomic mass is 9.83. The van der Waals surface area contributed by atoms with E-state index in [4.69, 9.17) is 0 Å². The molecule has 0 spiro atoms. The fourth-order valence-electron chi connectivity index (χ4n) is 1.63. The van der Waals surface area contributed by atoms with Crippen molar-refractivity contribution in [2.24, 2.45) is 5.92 Å². The van der Waals surface area contributed by atoms with Crippen molar-refractivity contribution in [1.82, 2.24) is 0 Å². The van der Waals surface area contributed by atoms with Crippen molar-refractivity contribution in [3.05, 3.63) is 23.8 Å². The van der Waals surface area contributed by atoms with E-state index in [1.54, 1.807) is 0 Å². The zero-order chi connectivity index (χ0) is 8.48. The topological polar surface area (TPSA) is 0 Å². The highest BCUT2D eigenvalue weighted by Crippen LogP contribution is 2.36. The molecule has 0 amide bonds. The third-order valence-corrected chi connectivity index (χ3v) is 2.72. The molecule has 0 aliphatic heterocycles. The summed E-state index contributed by atoms with van der Waals surface area (Å²) in [5.41, 5.74) is 1.51. The van der Waals surface area contributed by atoms with Crippen LogP contribution in [0.15, 0.2) is 23.8 Å². The van der Waals surface area contributed by atoms with Crippen LogP contribution in [0.25, 0.3) is 0 Å². The molecule has 11 heavy (non-hydrogen) atoms. The number of hydrogen-bond acceptors (Lipinski definition) is 0. The summed E-state index contributed by atoms with van der Waals surface area (Å²) in [4.78, 5) is 0. The molecule has 0 saturated carbocycles. The van der Waals surface area contributed by atoms with E-state index in [1.165, 1.54) is 12.0 Å². The lowest BCUT2D eigenvalue weighted by molar-refractivity contribution is 0.487. The summed E-state index contributed by atoms with van der Waals surface area (Å²) < 4.78 is 0. The fourth-order valence-corrected chi connectivity index (χ4v) is 2.03. The number of hydrogen-bond donors (Lipinski definition) is 0. The van der Waals surface area contributed by atoms with Crippen LogP contribution in [0.2, 0.25) is 0 Å². The van der Waals surface area contributed by atoms with E-state index in [1.807, 2.05) is 0 Å². The van der Waals surface area contributed by atoms with Gasteiger partial charge in [-0.3, -0.25) is 0 Å². The SMILES string of the molecule is CC1=CC=CCC1C(C)(C)P. The predicted molar refractivity (Wildman–Crippen MR) is 54.8 cm³/mol. The second-order valence-corrected chi connectivity index (χ2v) is 5.44. The summed E-state index contributed by atoms with van der Waals surface area (Å²) in [5, 5.41) is 0.339. The van der Waals surface area contributed by atoms with Crippen molar-refractivity contribution in [1.29, 1.82) is 0 Å². The Morgan fingerprint density at radius 2 is 2.18 bits per heavy atom. The molecule has 0 N–H and O–H groups in total. The van der Waals surface area contributed by atoms with Gasteiger partial charge in [0.1, 0.15) is 0 Å². The van der Waals surface area contributed by atoms with Crippen LogP contribution in [-0.2, 0) is 0 Å². The van der Waals surface area contributed by atoms with Crippen molar-refractivity contribution < 1.29 is 0 Å². The third kappa shape index (κ3) is 2.17. The summed E-state index contributed by atoms with van der Waals surface area (Å²) in [7, 11) is 2.93. The van der Waals surface area contributed by atoms with E-state index in [0.717, 1.165) is 0 Å². The molecule has 1 aliphatic carbocycles. The van der Waals surface area contributed by atoms with Gasteiger partial charge in [-0.2, -0.15) is 0 Å². The van der Waals surface area contributed by atoms with E-state index < -0.39 is 0 Å². The molecule has 0 aromatic heterocycles. The van der Waals surface area contributed by atoms with Crippen LogP contribution in [0.3, 0.4) is 0 Å². The van der Waals surface area contributed by atoms with Crippen molar-refractivity contribution >= 4 is 9.24 Å². The van der Waals surface area contributed by atoms with E-state index in [2.05, 4.69) is 48.2 Å². The lowest BCUT2D eigenvalue weighted by Gasteiger charge is -2.32. The second-order valence-electron chi connectivity index (χ2n) is 3.95. The highest BCUT2D eigenvalue weighted by Gasteiger charge is 2.25. The molecule has 0 aromatic rings. The largest absolute Gasteiger partial charge is 0.131 e. The van der Waals surface area contributed by atoms with Crippen LogP contribution in [0, 0.1) is 5.92 Å². The van der Waals surface area contributed by atoms with Gasteiger partial charge in [0.15, 0.2) is 0 Å². The third-order valence-electron chi connectivity index (χ3n) is 2.31. The zero-order valence-electron chi connectivity index (χ0n) is 7.59. The van der Waals surface area contributed by atoms with Crippen molar-refractivity contribution in [2.45, 2.75) is 32.3 Å². The van der Waals surface area contributed by atoms with E-state index >= 15 is 0 Å². The average molecular weight is 168 g/mol. The second kappa shape index (κ2) is 3.11. The molecule has 0 nitrogen and oxygen atoms in total. The smallest absolute Gasteiger partial charge is 0.00824 e. The quantitative estimate of drug-likeness (QED) is 0.527. The van der Waals surface area contributed by atoms with Crippen LogP contribution in [0.5, 0.6) is 0 Å². The molecule has 2 atom stereocenters. The maximum atomic E-state index is 2.93. The Morgan fingerprint density at radius 1 is 1.55 bits per heavy atom. The summed E-state index contributed by atoms with van der Waals surface area (Å²) in [6, 6.07) is 0. The first-order chi connectivity index (χ1) is 5.02. The van der Waals surface area contributed by atoms with Gasteiger partial charge in [-0.1, -0.05) is 37.6 Å². The Labute approximate surface area is 72.0 Å². The van der Waals surface area contributed by atoms with Crippen LogP contribution < -0.4 is 0 Å². The molecule has 0 bridgehead atoms. The standard InChI is InChI=1S/C10H17P/c1-8-6-4-5-7-9(8)10(2,3)11/h4-6,9H,7,11H2,1-3H3. The first kappa shape index (κ1) is 9.00. The number of allylic oxidation sites excluding steroid dienone is 4. The van der Waals surface area contributed by atoms with E-state index in [0.29, 0.717) is 11.1 Å². The summed E-state index contributed by atoms with van der Waals surface area (Å²) >= 11 is 0. The average Bonchev–Trinajstić information content (AvgIpc) is 1.86. The summed E-state index contributed by atoms with van der Waals surface area (Å²) in [6.07, 6.45) is 7.82. The van der Waals surface area contributed by atoms with Gasteiger partial charge in [-0.15, -0.1) is 9.24 Å². The number of rotatable bonds is 1. The molecule has 0 saturated heterocycles. The molecule has 0 aromatic carbocycles. The Balaban J connectivity index is 2.76. The van der Waals surface area contributed by atoms with Gasteiger partial charge >= 0.3 is 0 Å². The Bertz CT molecular complexity index is 193. The minimum atomic E-state index is 0.339. The Kier molecular flexibility index (Phi) is 2.54. The zero-order valence-corrected chi connectivity index (χ0v) is 8.75. The van der Waals surface area contributed by atoms with Gasteiger partial charge in [-0.25, -0.2) is 0 Å². The summed E-state index contributed by atoms with van der Waals surface area (Å²) in [5.74, 6) is 0.706. The first-order valence-electron chi connectivity index (χ1n) is 4.14. The van der Waals surface area contributed by atoms with Gasteiger partial charge in [-0.05, 0) is 24.4 Å². The molecule has 1 rings (SSSR count). The fraction of sp³-hybridized carbons (Fsp3) is 0.600. The van der Waals surface area contributed by atoms with Crippen molar-refractivity contribution in [2.75, 3.05) is 0 Å². The van der Waals surface area contributed by atoms with Crippen LogP contribution in [0.1, 0.15) is 27.2 Å². The van der Waals surface area contributed by atoms with Crippen LogP contribution in [0.4, 0.5) is 0 Å². The minimum Gasteiger partial charge on any atom is -0.131 e.